The third-order valence-corrected chi connectivity index (χ3v) is 24.2. The van der Waals surface area contributed by atoms with Crippen LogP contribution in [0.5, 0.6) is 5.75 Å². The Morgan fingerprint density at radius 2 is 0.908 bits per heavy atom. The number of ether oxygens (including phenoxy) is 4. The molecule has 1 aliphatic heterocycles. The van der Waals surface area contributed by atoms with Gasteiger partial charge in [-0.15, -0.1) is 22.7 Å². The number of benzene rings is 8. The summed E-state index contributed by atoms with van der Waals surface area (Å²) in [6.07, 6.45) is 4.14. The predicted octanol–water partition coefficient (Wildman–Crippen LogP) is 17.7. The molecule has 0 saturated carbocycles. The Morgan fingerprint density at radius 3 is 1.33 bits per heavy atom. The van der Waals surface area contributed by atoms with Gasteiger partial charge in [0.05, 0.1) is 67.4 Å². The number of nitrogens with zero attached hydrogens (tertiary/aromatic N) is 5. The van der Waals surface area contributed by atoms with Crippen LogP contribution in [-0.2, 0) is 37.8 Å². The minimum Gasteiger partial charge on any atom is -0.537 e. The van der Waals surface area contributed by atoms with Gasteiger partial charge in [0, 0.05) is 99.5 Å². The monoisotopic (exact) mass is 2050 g/mol. The highest BCUT2D eigenvalue weighted by atomic mass is 79.9. The lowest BCUT2D eigenvalue weighted by molar-refractivity contribution is -0.167. The summed E-state index contributed by atoms with van der Waals surface area (Å²) >= 11 is 25.5. The molecule has 1 fully saturated rings. The van der Waals surface area contributed by atoms with Gasteiger partial charge in [0.2, 0.25) is 0 Å². The van der Waals surface area contributed by atoms with Crippen molar-refractivity contribution in [2.24, 2.45) is 0 Å². The summed E-state index contributed by atoms with van der Waals surface area (Å²) in [5, 5.41) is 10.2. The van der Waals surface area contributed by atoms with E-state index in [2.05, 4.69) is 82.3 Å². The molecular weight excluding hydrogens is 1950 g/mol. The van der Waals surface area contributed by atoms with Crippen molar-refractivity contribution in [3.8, 4) is 55.6 Å². The Bertz CT molecular complexity index is 7020. The first-order chi connectivity index (χ1) is 61.7. The third kappa shape index (κ3) is 26.5. The van der Waals surface area contributed by atoms with Crippen molar-refractivity contribution in [1.29, 1.82) is 0 Å². The fraction of sp³-hybridized carbons (Fsp3) is 0.277. The fourth-order valence-electron chi connectivity index (χ4n) is 13.2. The topological polar surface area (TPSA) is 375 Å². The molecule has 683 valence electrons. The van der Waals surface area contributed by atoms with Crippen molar-refractivity contribution in [1.82, 2.24) is 48.6 Å². The summed E-state index contributed by atoms with van der Waals surface area (Å²) in [5.41, 5.74) is 8.48. The van der Waals surface area contributed by atoms with Crippen LogP contribution in [0.1, 0.15) is 140 Å². The first-order valence-electron chi connectivity index (χ1n) is 40.9. The van der Waals surface area contributed by atoms with Crippen molar-refractivity contribution < 1.29 is 47.5 Å². The smallest absolute Gasteiger partial charge is 0.537 e. The van der Waals surface area contributed by atoms with Crippen molar-refractivity contribution in [2.45, 2.75) is 159 Å². The van der Waals surface area contributed by atoms with Gasteiger partial charge in [-0.05, 0) is 265 Å². The second-order valence-electron chi connectivity index (χ2n) is 32.9. The molecule has 0 aliphatic carbocycles. The Labute approximate surface area is 797 Å². The van der Waals surface area contributed by atoms with Gasteiger partial charge < -0.3 is 42.9 Å². The standard InChI is InChI=1S/C33H32ClN3O5S.C22H23BrClNO3S.C17H21BN2O4.C11H9BrN2O2.C6H5BBrO2.C5H6N2O2/c1-7-41-31(39)27(42-33(4,5)6)25-18(2)15-24-28(26(25)20-11-13-22(34)14-12-20)43-30(35-24)21-9-8-10-23(16-21)37-17-19(3)29(38)36-32(37)40;1-6-27-20(26)18(28-22(3,4)5)16-12(2)11-15-19(29-21(23)25-15)17(16)13-7-9-14(24)10-8-13;1-11-10-20(15(22)19-14(11)21)13-8-6-7-12(9-13)18-23-16(2,3)17(4,5)24-18;1-7-6-14(11(16)13-10(7)15)9-4-2-3-8(12)5-9;8-5-2-1-3-6(4-5)10-7-9;1-3-2-6-5(9)7-4(3)8/h8-17,27H,7H2,1-6H3,(H,36,38,40);7-11,18H,6H2,1-5H3;6-10H,1-5H3,(H,19,21,22);2-6H,1H3,(H,13,15,16);1-4,9H;2H,1H3,(H2,6,7,8,9)/t27-;18-;;;;/m00..../s1. The summed E-state index contributed by atoms with van der Waals surface area (Å²) in [7, 11) is 0.149. The molecule has 6 N–H and O–H groups in total. The number of hydrogen-bond donors (Lipinski definition) is 6. The number of hydrogen-bond acceptors (Lipinski definition) is 22. The summed E-state index contributed by atoms with van der Waals surface area (Å²) < 4.78 is 48.9. The number of nitrogens with one attached hydrogen (secondary N) is 5. The number of fused-ring (bicyclic) bond motifs is 2. The molecule has 0 bridgehead atoms. The second kappa shape index (κ2) is 44.0. The summed E-state index contributed by atoms with van der Waals surface area (Å²) in [6, 6.07) is 48.3. The van der Waals surface area contributed by atoms with Crippen LogP contribution in [0.15, 0.2) is 234 Å². The quantitative estimate of drug-likeness (QED) is 0.0364. The number of carbonyl (C=O) groups excluding carboxylic acids is 2. The average Bonchev–Trinajstić information content (AvgIpc) is 1.74. The van der Waals surface area contributed by atoms with Crippen molar-refractivity contribution >= 4 is 146 Å². The molecule has 131 heavy (non-hydrogen) atoms. The van der Waals surface area contributed by atoms with E-state index in [1.54, 1.807) is 77.9 Å². The van der Waals surface area contributed by atoms with Crippen LogP contribution in [0.25, 0.3) is 70.3 Å². The van der Waals surface area contributed by atoms with Gasteiger partial charge in [0.15, 0.2) is 16.1 Å². The zero-order valence-corrected chi connectivity index (χ0v) is 82.8. The molecule has 8 aromatic carbocycles. The van der Waals surface area contributed by atoms with Crippen LogP contribution in [0.3, 0.4) is 0 Å². The molecule has 15 rings (SSSR count). The van der Waals surface area contributed by atoms with Gasteiger partial charge in [0.25, 0.3) is 22.2 Å². The van der Waals surface area contributed by atoms with Crippen LogP contribution in [0.4, 0.5) is 0 Å². The van der Waals surface area contributed by atoms with Crippen molar-refractivity contribution in [2.75, 3.05) is 13.2 Å². The van der Waals surface area contributed by atoms with Crippen LogP contribution in [0.2, 0.25) is 10.0 Å². The lowest BCUT2D eigenvalue weighted by Crippen LogP contribution is -2.41. The van der Waals surface area contributed by atoms with E-state index in [1.807, 2.05) is 204 Å². The number of aromatic amines is 5. The molecule has 1 saturated heterocycles. The number of H-pyrrole nitrogens is 5. The number of thiazole rings is 2. The summed E-state index contributed by atoms with van der Waals surface area (Å²) in [4.78, 5) is 139. The summed E-state index contributed by atoms with van der Waals surface area (Å²) in [6.45, 7) is 34.0. The Balaban J connectivity index is 0.000000176. The highest BCUT2D eigenvalue weighted by Crippen LogP contribution is 2.47. The normalized spacial score (nSPS) is 13.0. The zero-order chi connectivity index (χ0) is 96.1. The number of halogens is 5. The van der Waals surface area contributed by atoms with Gasteiger partial charge in [-0.2, -0.15) is 0 Å². The molecule has 0 unspecified atom stereocenters. The van der Waals surface area contributed by atoms with Crippen LogP contribution < -0.4 is 55.1 Å². The van der Waals surface area contributed by atoms with E-state index in [-0.39, 0.29) is 29.9 Å². The highest BCUT2D eigenvalue weighted by Gasteiger charge is 2.52. The Hall–Kier alpha value is -11.1. The number of aromatic nitrogens is 10. The van der Waals surface area contributed by atoms with Crippen LogP contribution >= 0.6 is 93.7 Å². The van der Waals surface area contributed by atoms with Crippen molar-refractivity contribution in [3.63, 3.8) is 0 Å². The first-order valence-corrected chi connectivity index (χ1v) is 45.7. The van der Waals surface area contributed by atoms with Gasteiger partial charge in [-0.25, -0.2) is 38.7 Å². The minimum absolute atomic E-state index is 0.222. The van der Waals surface area contributed by atoms with Crippen LogP contribution in [0, 0.1) is 41.5 Å². The van der Waals surface area contributed by atoms with E-state index >= 15 is 0 Å². The van der Waals surface area contributed by atoms with Gasteiger partial charge in [-0.3, -0.25) is 52.8 Å². The number of carbonyl (C=O) groups is 2. The first kappa shape index (κ1) is 102. The maximum Gasteiger partial charge on any atom is 0.569 e. The molecule has 0 amide bonds. The maximum absolute atomic E-state index is 13.4. The Kier molecular flexibility index (Phi) is 34.3. The minimum atomic E-state index is -0.973. The second-order valence-corrected chi connectivity index (χ2v) is 38.8. The zero-order valence-electron chi connectivity index (χ0n) is 74.9. The molecule has 6 aromatic heterocycles. The van der Waals surface area contributed by atoms with Crippen LogP contribution in [-0.4, -0.2) is 116 Å². The lowest BCUT2D eigenvalue weighted by atomic mass is 9.79. The molecule has 7 heterocycles. The lowest BCUT2D eigenvalue weighted by Gasteiger charge is -2.32. The molecule has 2 atom stereocenters. The maximum atomic E-state index is 13.4. The van der Waals surface area contributed by atoms with Gasteiger partial charge >= 0.3 is 49.5 Å². The van der Waals surface area contributed by atoms with E-state index in [4.69, 9.17) is 61.5 Å². The van der Waals surface area contributed by atoms with Gasteiger partial charge in [0.1, 0.15) is 10.8 Å². The molecule has 14 aromatic rings. The van der Waals surface area contributed by atoms with E-state index in [0.29, 0.717) is 68.4 Å². The van der Waals surface area contributed by atoms with E-state index in [1.165, 1.54) is 61.2 Å². The SMILES string of the molecule is CCOC(=O)[C@@H](OC(C)(C)C)c1c(C)cc2nc(-c3cccc(-n4cc(C)c(=O)[nH]c4=O)c3)sc2c1-c1ccc(Cl)cc1.CCOC(=O)[C@@H](OC(C)(C)C)c1c(C)cc2nc(Br)sc2c1-c1ccc(Cl)cc1.Cc1c[nH]c(=O)[nH]c1=O.Cc1cn(-c2cccc(B3OC(C)(C)C(C)(C)O3)c2)c(=O)[nH]c1=O.Cc1cn(-c2cccc(Br)c2)c(=O)[nH]c1=O.O[B]Oc1cccc(Br)c1. The third-order valence-electron chi connectivity index (χ3n) is 20.0. The summed E-state index contributed by atoms with van der Waals surface area (Å²) in [5.74, 6) is -0.255. The molecule has 1 radical (unpaired) electrons. The number of rotatable bonds is 17. The number of aryl methyl sites for hydroxylation is 6. The van der Waals surface area contributed by atoms with E-state index in [9.17, 15) is 47.9 Å². The Morgan fingerprint density at radius 1 is 0.504 bits per heavy atom. The van der Waals surface area contributed by atoms with Gasteiger partial charge in [-0.1, -0.05) is 116 Å². The highest BCUT2D eigenvalue weighted by molar-refractivity contribution is 9.11. The van der Waals surface area contributed by atoms with E-state index in [0.717, 1.165) is 88.3 Å². The molecular formula is C94H96B2Br3Cl2N10O18S2. The predicted molar refractivity (Wildman–Crippen MR) is 527 cm³/mol. The fourth-order valence-corrected chi connectivity index (χ4v) is 16.8. The molecule has 28 nitrogen and oxygen atoms in total. The molecule has 1 aliphatic rings. The largest absolute Gasteiger partial charge is 0.569 e. The molecule has 37 heteroatoms. The van der Waals surface area contributed by atoms with Crippen molar-refractivity contribution in [3.05, 3.63) is 333 Å². The average molecular weight is 2050 g/mol. The molecule has 0 spiro atoms. The van der Waals surface area contributed by atoms with E-state index < -0.39 is 82.0 Å². The number of esters is 2.